The SMILES string of the molecule is C[Si](C)(C)NC(=O)c1cccc(S(=O)(=O)N[Si](C)(C)C)c1. The Morgan fingerprint density at radius 2 is 1.57 bits per heavy atom. The van der Waals surface area contributed by atoms with Crippen molar-refractivity contribution in [2.45, 2.75) is 44.2 Å². The molecule has 0 bridgehead atoms. The molecular weight excluding hydrogens is 320 g/mol. The molecule has 8 heteroatoms. The molecule has 1 rings (SSSR count). The van der Waals surface area contributed by atoms with Crippen molar-refractivity contribution in [3.63, 3.8) is 0 Å². The lowest BCUT2D eigenvalue weighted by Gasteiger charge is -2.19. The molecule has 0 aliphatic carbocycles. The summed E-state index contributed by atoms with van der Waals surface area (Å²) in [4.78, 5) is 15.2. The van der Waals surface area contributed by atoms with Crippen LogP contribution in [0.4, 0.5) is 0 Å². The van der Waals surface area contributed by atoms with Crippen molar-refractivity contribution in [2.75, 3.05) is 0 Å². The van der Waals surface area contributed by atoms with Crippen molar-refractivity contribution in [1.82, 2.24) is 9.37 Å². The van der Waals surface area contributed by atoms with Crippen LogP contribution in [0.5, 0.6) is 0 Å². The highest BCUT2D eigenvalue weighted by molar-refractivity contribution is 7.91. The largest absolute Gasteiger partial charge is 0.378 e. The summed E-state index contributed by atoms with van der Waals surface area (Å²) in [7, 11) is -7.33. The zero-order chi connectivity index (χ0) is 16.5. The molecule has 0 aliphatic rings. The molecule has 0 spiro atoms. The van der Waals surface area contributed by atoms with Crippen LogP contribution < -0.4 is 9.37 Å². The second kappa shape index (κ2) is 6.03. The van der Waals surface area contributed by atoms with E-state index in [4.69, 9.17) is 0 Å². The third-order valence-electron chi connectivity index (χ3n) is 2.34. The highest BCUT2D eigenvalue weighted by atomic mass is 32.2. The van der Waals surface area contributed by atoms with Gasteiger partial charge in [0.1, 0.15) is 16.5 Å². The molecule has 0 aliphatic heterocycles. The maximum Gasteiger partial charge on any atom is 0.243 e. The highest BCUT2D eigenvalue weighted by Crippen LogP contribution is 2.14. The Labute approximate surface area is 129 Å². The van der Waals surface area contributed by atoms with E-state index in [9.17, 15) is 13.2 Å². The van der Waals surface area contributed by atoms with Crippen LogP contribution in [0, 0.1) is 0 Å². The Balaban J connectivity index is 3.09. The molecule has 0 unspecified atom stereocenters. The van der Waals surface area contributed by atoms with Crippen LogP contribution in [0.3, 0.4) is 0 Å². The molecule has 5 nitrogen and oxygen atoms in total. The van der Waals surface area contributed by atoms with Gasteiger partial charge in [0.2, 0.25) is 15.9 Å². The molecule has 0 heterocycles. The van der Waals surface area contributed by atoms with Gasteiger partial charge in [-0.3, -0.25) is 4.79 Å². The van der Waals surface area contributed by atoms with Crippen LogP contribution in [-0.4, -0.2) is 30.8 Å². The first-order valence-electron chi connectivity index (χ1n) is 6.77. The summed E-state index contributed by atoms with van der Waals surface area (Å²) in [6.45, 7) is 11.8. The first-order chi connectivity index (χ1) is 9.30. The predicted molar refractivity (Wildman–Crippen MR) is 90.9 cm³/mol. The minimum Gasteiger partial charge on any atom is -0.378 e. The second-order valence-electron chi connectivity index (χ2n) is 7.09. The van der Waals surface area contributed by atoms with Gasteiger partial charge in [0.05, 0.1) is 4.90 Å². The number of benzene rings is 1. The molecular formula is C13H24N2O3SSi2. The Kier molecular flexibility index (Phi) is 5.19. The minimum absolute atomic E-state index is 0.133. The average Bonchev–Trinajstić information content (AvgIpc) is 2.23. The Bertz CT molecular complexity index is 632. The molecule has 1 aromatic rings. The molecule has 0 radical (unpaired) electrons. The maximum absolute atomic E-state index is 12.3. The van der Waals surface area contributed by atoms with E-state index in [1.54, 1.807) is 12.1 Å². The number of sulfonamides is 1. The molecule has 0 saturated carbocycles. The fourth-order valence-electron chi connectivity index (χ4n) is 1.68. The Morgan fingerprint density at radius 3 is 2.05 bits per heavy atom. The number of nitrogens with one attached hydrogen (secondary N) is 2. The van der Waals surface area contributed by atoms with Gasteiger partial charge >= 0.3 is 0 Å². The molecule has 1 aromatic carbocycles. The van der Waals surface area contributed by atoms with Crippen molar-refractivity contribution in [3.05, 3.63) is 29.8 Å². The number of rotatable bonds is 5. The number of hydrogen-bond acceptors (Lipinski definition) is 3. The monoisotopic (exact) mass is 344 g/mol. The fourth-order valence-corrected chi connectivity index (χ4v) is 6.74. The van der Waals surface area contributed by atoms with E-state index >= 15 is 0 Å². The van der Waals surface area contributed by atoms with Crippen LogP contribution in [0.15, 0.2) is 29.2 Å². The lowest BCUT2D eigenvalue weighted by atomic mass is 10.2. The second-order valence-corrected chi connectivity index (χ2v) is 18.6. The predicted octanol–water partition coefficient (Wildman–Crippen LogP) is 2.36. The first kappa shape index (κ1) is 18.1. The van der Waals surface area contributed by atoms with Gasteiger partial charge in [-0.15, -0.1) is 0 Å². The Morgan fingerprint density at radius 1 is 1.00 bits per heavy atom. The zero-order valence-electron chi connectivity index (χ0n) is 13.4. The lowest BCUT2D eigenvalue weighted by molar-refractivity contribution is 0.0978. The smallest absolute Gasteiger partial charge is 0.243 e. The maximum atomic E-state index is 12.3. The van der Waals surface area contributed by atoms with Crippen molar-refractivity contribution in [1.29, 1.82) is 0 Å². The quantitative estimate of drug-likeness (QED) is 0.805. The summed E-state index contributed by atoms with van der Waals surface area (Å²) < 4.78 is 27.3. The van der Waals surface area contributed by atoms with Gasteiger partial charge in [0.25, 0.3) is 0 Å². The van der Waals surface area contributed by atoms with Crippen LogP contribution >= 0.6 is 0 Å². The van der Waals surface area contributed by atoms with Crippen LogP contribution in [-0.2, 0) is 10.0 Å². The summed E-state index contributed by atoms with van der Waals surface area (Å²) in [5, 5.41) is 0. The summed E-state index contributed by atoms with van der Waals surface area (Å²) in [5.74, 6) is -0.223. The molecule has 0 fully saturated rings. The van der Waals surface area contributed by atoms with Crippen molar-refractivity contribution < 1.29 is 13.2 Å². The van der Waals surface area contributed by atoms with Gasteiger partial charge in [-0.2, -0.15) is 0 Å². The van der Waals surface area contributed by atoms with Gasteiger partial charge in [-0.1, -0.05) is 45.3 Å². The van der Waals surface area contributed by atoms with Crippen molar-refractivity contribution >= 4 is 32.4 Å². The molecule has 21 heavy (non-hydrogen) atoms. The molecule has 118 valence electrons. The van der Waals surface area contributed by atoms with Crippen molar-refractivity contribution in [2.24, 2.45) is 0 Å². The summed E-state index contributed by atoms with van der Waals surface area (Å²) in [6.07, 6.45) is 0. The highest BCUT2D eigenvalue weighted by Gasteiger charge is 2.25. The van der Waals surface area contributed by atoms with Gasteiger partial charge in [-0.25, -0.2) is 12.8 Å². The summed E-state index contributed by atoms with van der Waals surface area (Å²) >= 11 is 0. The number of amides is 1. The van der Waals surface area contributed by atoms with Crippen LogP contribution in [0.2, 0.25) is 39.3 Å². The van der Waals surface area contributed by atoms with Gasteiger partial charge in [0, 0.05) is 5.56 Å². The molecule has 0 saturated heterocycles. The molecule has 0 aromatic heterocycles. The average molecular weight is 345 g/mol. The van der Waals surface area contributed by atoms with E-state index in [0.29, 0.717) is 5.56 Å². The number of carbonyl (C=O) groups is 1. The standard InChI is InChI=1S/C13H24N2O3SSi2/c1-20(2,3)14-13(16)11-8-7-9-12(10-11)19(17,18)15-21(4,5)6/h7-10,15H,1-6H3,(H,14,16). The van der Waals surface area contributed by atoms with Crippen LogP contribution in [0.1, 0.15) is 10.4 Å². The van der Waals surface area contributed by atoms with Gasteiger partial charge < -0.3 is 4.98 Å². The van der Waals surface area contributed by atoms with E-state index in [-0.39, 0.29) is 10.8 Å². The van der Waals surface area contributed by atoms with Gasteiger partial charge in [0.15, 0.2) is 0 Å². The third-order valence-corrected chi connectivity index (χ3v) is 7.71. The molecule has 1 amide bonds. The van der Waals surface area contributed by atoms with E-state index < -0.39 is 26.5 Å². The topological polar surface area (TPSA) is 75.3 Å². The third kappa shape index (κ3) is 6.12. The summed E-state index contributed by atoms with van der Waals surface area (Å²) in [5.41, 5.74) is 0.371. The van der Waals surface area contributed by atoms with E-state index in [2.05, 4.69) is 9.37 Å². The van der Waals surface area contributed by atoms with E-state index in [1.807, 2.05) is 39.3 Å². The fraction of sp³-hybridized carbons (Fsp3) is 0.462. The van der Waals surface area contributed by atoms with Crippen molar-refractivity contribution in [3.8, 4) is 0 Å². The van der Waals surface area contributed by atoms with E-state index in [1.165, 1.54) is 12.1 Å². The van der Waals surface area contributed by atoms with Gasteiger partial charge in [-0.05, 0) is 18.2 Å². The number of carbonyl (C=O) groups excluding carboxylic acids is 1. The number of hydrogen-bond donors (Lipinski definition) is 2. The lowest BCUT2D eigenvalue weighted by Crippen LogP contribution is -2.46. The molecule has 0 atom stereocenters. The zero-order valence-corrected chi connectivity index (χ0v) is 16.3. The first-order valence-corrected chi connectivity index (χ1v) is 15.3. The molecule has 2 N–H and O–H groups in total. The van der Waals surface area contributed by atoms with Crippen LogP contribution in [0.25, 0.3) is 0 Å². The summed E-state index contributed by atoms with van der Waals surface area (Å²) in [6, 6.07) is 6.16. The van der Waals surface area contributed by atoms with E-state index in [0.717, 1.165) is 0 Å². The minimum atomic E-state index is -3.57. The Hall–Kier alpha value is -0.966. The normalized spacial score (nSPS) is 13.0.